The second-order valence-corrected chi connectivity index (χ2v) is 17.4. The van der Waals surface area contributed by atoms with Crippen molar-refractivity contribution in [2.24, 2.45) is 0 Å². The van der Waals surface area contributed by atoms with Crippen LogP contribution in [0.5, 0.6) is 69.0 Å². The summed E-state index contributed by atoms with van der Waals surface area (Å²) in [6, 6.07) is 40.7. The van der Waals surface area contributed by atoms with Crippen LogP contribution in [0.3, 0.4) is 0 Å². The van der Waals surface area contributed by atoms with Crippen molar-refractivity contribution in [3.8, 4) is 69.0 Å². The van der Waals surface area contributed by atoms with Gasteiger partial charge in [-0.1, -0.05) is 54.6 Å². The van der Waals surface area contributed by atoms with E-state index in [4.69, 9.17) is 14.2 Å². The van der Waals surface area contributed by atoms with Crippen LogP contribution in [0.15, 0.2) is 152 Å². The van der Waals surface area contributed by atoms with E-state index >= 15 is 0 Å². The minimum Gasteiger partial charge on any atom is -0.508 e. The molecule has 0 radical (unpaired) electrons. The molecule has 8 aromatic rings. The largest absolute Gasteiger partial charge is 0.508 e. The van der Waals surface area contributed by atoms with Gasteiger partial charge in [-0.15, -0.1) is 0 Å². The number of benzene rings is 8. The summed E-state index contributed by atoms with van der Waals surface area (Å²) in [5, 5.41) is 96.0. The van der Waals surface area contributed by atoms with Crippen LogP contribution in [0.4, 0.5) is 0 Å². The van der Waals surface area contributed by atoms with E-state index in [-0.39, 0.29) is 51.7 Å². The summed E-state index contributed by atoms with van der Waals surface area (Å²) in [6.45, 7) is 0. The van der Waals surface area contributed by atoms with Crippen LogP contribution >= 0.6 is 0 Å². The number of aromatic hydroxyl groups is 9. The molecular weight excluding hydrogens is 865 g/mol. The van der Waals surface area contributed by atoms with Gasteiger partial charge in [0.1, 0.15) is 87.3 Å². The van der Waals surface area contributed by atoms with Crippen molar-refractivity contribution in [3.63, 3.8) is 0 Å². The van der Waals surface area contributed by atoms with Crippen LogP contribution in [-0.4, -0.2) is 46.0 Å². The molecule has 3 aliphatic heterocycles. The Labute approximate surface area is 389 Å². The number of hydrogen-bond acceptors (Lipinski definition) is 12. The van der Waals surface area contributed by atoms with Crippen LogP contribution in [0.2, 0.25) is 0 Å². The monoisotopic (exact) mass is 906 g/mol. The van der Waals surface area contributed by atoms with Crippen LogP contribution in [0.1, 0.15) is 97.3 Å². The molecule has 0 unspecified atom stereocenters. The molecule has 3 aliphatic rings. The molecule has 0 bridgehead atoms. The second-order valence-electron chi connectivity index (χ2n) is 17.4. The predicted molar refractivity (Wildman–Crippen MR) is 251 cm³/mol. The van der Waals surface area contributed by atoms with Crippen LogP contribution < -0.4 is 14.2 Å². The van der Waals surface area contributed by atoms with Gasteiger partial charge in [0.15, 0.2) is 0 Å². The number of hydrogen-bond donors (Lipinski definition) is 9. The Balaban J connectivity index is 1.05. The third-order valence-corrected chi connectivity index (χ3v) is 13.0. The van der Waals surface area contributed by atoms with Gasteiger partial charge in [-0.05, 0) is 129 Å². The first kappa shape index (κ1) is 41.8. The Kier molecular flexibility index (Phi) is 9.96. The predicted octanol–water partition coefficient (Wildman–Crippen LogP) is 11.0. The Bertz CT molecular complexity index is 3250. The second kappa shape index (κ2) is 16.2. The first-order valence-corrected chi connectivity index (χ1v) is 21.8. The van der Waals surface area contributed by atoms with Gasteiger partial charge in [-0.25, -0.2) is 0 Å². The lowest BCUT2D eigenvalue weighted by atomic mass is 9.76. The maximum absolute atomic E-state index is 11.5. The number of rotatable bonds is 8. The highest BCUT2D eigenvalue weighted by molar-refractivity contribution is 5.76. The van der Waals surface area contributed by atoms with E-state index in [1.54, 1.807) is 109 Å². The molecule has 9 N–H and O–H groups in total. The zero-order valence-electron chi connectivity index (χ0n) is 35.8. The van der Waals surface area contributed by atoms with Gasteiger partial charge in [0.2, 0.25) is 0 Å². The quantitative estimate of drug-likeness (QED) is 0.0652. The lowest BCUT2D eigenvalue weighted by Crippen LogP contribution is -2.16. The van der Waals surface area contributed by atoms with E-state index in [0.717, 1.165) is 22.3 Å². The molecule has 68 heavy (non-hydrogen) atoms. The van der Waals surface area contributed by atoms with Gasteiger partial charge in [0, 0.05) is 41.0 Å². The van der Waals surface area contributed by atoms with Crippen molar-refractivity contribution in [2.75, 3.05) is 0 Å². The molecule has 0 saturated carbocycles. The van der Waals surface area contributed by atoms with E-state index in [9.17, 15) is 46.0 Å². The molecule has 0 amide bonds. The molecule has 12 heteroatoms. The lowest BCUT2D eigenvalue weighted by molar-refractivity contribution is 0.220. The Hall–Kier alpha value is -8.90. The van der Waals surface area contributed by atoms with E-state index < -0.39 is 36.1 Å². The van der Waals surface area contributed by atoms with Crippen molar-refractivity contribution in [2.45, 2.75) is 36.1 Å². The molecule has 0 aliphatic carbocycles. The van der Waals surface area contributed by atoms with Crippen LogP contribution in [0, 0.1) is 0 Å². The minimum absolute atomic E-state index is 0.0494. The molecule has 12 nitrogen and oxygen atoms in total. The first-order valence-electron chi connectivity index (χ1n) is 21.8. The summed E-state index contributed by atoms with van der Waals surface area (Å²) < 4.78 is 20.0. The zero-order chi connectivity index (χ0) is 47.0. The molecule has 0 aromatic heterocycles. The van der Waals surface area contributed by atoms with Gasteiger partial charge in [-0.3, -0.25) is 0 Å². The Morgan fingerprint density at radius 1 is 0.294 bits per heavy atom. The maximum atomic E-state index is 11.5. The molecule has 0 saturated heterocycles. The van der Waals surface area contributed by atoms with E-state index in [1.165, 1.54) is 24.3 Å². The highest BCUT2D eigenvalue weighted by Gasteiger charge is 2.46. The molecule has 6 atom stereocenters. The maximum Gasteiger partial charge on any atom is 0.135 e. The third kappa shape index (κ3) is 7.47. The van der Waals surface area contributed by atoms with Gasteiger partial charge in [0.25, 0.3) is 0 Å². The fraction of sp³-hybridized carbons (Fsp3) is 0.107. The fourth-order valence-corrected chi connectivity index (χ4v) is 10.2. The summed E-state index contributed by atoms with van der Waals surface area (Å²) in [7, 11) is 0. The highest BCUT2D eigenvalue weighted by Crippen LogP contribution is 2.59. The third-order valence-electron chi connectivity index (χ3n) is 13.0. The summed E-state index contributed by atoms with van der Waals surface area (Å²) in [5.74, 6) is -0.981. The van der Waals surface area contributed by atoms with Crippen molar-refractivity contribution in [1.82, 2.24) is 0 Å². The zero-order valence-corrected chi connectivity index (χ0v) is 35.8. The highest BCUT2D eigenvalue weighted by atomic mass is 16.5. The van der Waals surface area contributed by atoms with Crippen LogP contribution in [-0.2, 0) is 0 Å². The van der Waals surface area contributed by atoms with Gasteiger partial charge < -0.3 is 60.2 Å². The van der Waals surface area contributed by atoms with Crippen molar-refractivity contribution in [3.05, 3.63) is 213 Å². The number of ether oxygens (including phenoxy) is 3. The topological polar surface area (TPSA) is 210 Å². The normalized spacial score (nSPS) is 20.0. The number of phenols is 9. The summed E-state index contributed by atoms with van der Waals surface area (Å²) in [6.07, 6.45) is 1.69. The summed E-state index contributed by atoms with van der Waals surface area (Å²) in [5.41, 5.74) is 7.38. The van der Waals surface area contributed by atoms with Crippen molar-refractivity contribution in [1.29, 1.82) is 0 Å². The smallest absolute Gasteiger partial charge is 0.135 e. The summed E-state index contributed by atoms with van der Waals surface area (Å²) in [4.78, 5) is 0. The first-order chi connectivity index (χ1) is 32.8. The summed E-state index contributed by atoms with van der Waals surface area (Å²) >= 11 is 0. The SMILES string of the molecule is Oc1ccc([C@H]2Oc3ccc(/C=C/c4cc(O)cc5c4[C@H](c4cc(O)cc(O)c4)[C@@H](c4ccc(O)cc4)O5)cc3[C@@H]2c2cc(O)cc3c2[C@H](c2cc(O)cc(O)c2)[C@@H](c2ccc(O)cc2)O3)cc1. The average Bonchev–Trinajstić information content (AvgIpc) is 4.00. The molecule has 8 aromatic carbocycles. The molecule has 0 fully saturated rings. The molecular formula is C56H42O12. The van der Waals surface area contributed by atoms with Gasteiger partial charge in [-0.2, -0.15) is 0 Å². The molecule has 0 spiro atoms. The van der Waals surface area contributed by atoms with Crippen molar-refractivity contribution >= 4 is 12.2 Å². The lowest BCUT2D eigenvalue weighted by Gasteiger charge is -2.26. The molecule has 11 rings (SSSR count). The van der Waals surface area contributed by atoms with Crippen molar-refractivity contribution < 1.29 is 60.2 Å². The van der Waals surface area contributed by atoms with E-state index in [0.29, 0.717) is 56.2 Å². The number of fused-ring (bicyclic) bond motifs is 3. The van der Waals surface area contributed by atoms with E-state index in [1.807, 2.05) is 30.4 Å². The van der Waals surface area contributed by atoms with Gasteiger partial charge >= 0.3 is 0 Å². The fourth-order valence-electron chi connectivity index (χ4n) is 10.2. The Morgan fingerprint density at radius 2 is 0.706 bits per heavy atom. The number of phenolic OH excluding ortho intramolecular Hbond substituents is 9. The minimum atomic E-state index is -0.718. The molecule has 338 valence electrons. The standard InChI is InChI=1S/C56H42O12/c57-35-10-4-29(5-11-35)54-50(33-19-38(60)23-39(61)20-33)49-32(18-42(64)26-47(49)67-54)3-1-28-2-16-46-44(17-28)52(56(66-46)31-8-14-37(59)15-9-31)45-25-43(65)27-48-53(45)51(34-21-40(62)24-41(63)22-34)55(68-48)30-6-12-36(58)13-7-30/h1-27,50-52,54-65H/b3-1+/t50-,51-,52+,54+,55+,56+/m0/s1. The van der Waals surface area contributed by atoms with Crippen LogP contribution in [0.25, 0.3) is 12.2 Å². The van der Waals surface area contributed by atoms with Gasteiger partial charge in [0.05, 0.1) is 17.8 Å². The Morgan fingerprint density at radius 3 is 1.21 bits per heavy atom. The average molecular weight is 907 g/mol. The van der Waals surface area contributed by atoms with E-state index in [2.05, 4.69) is 0 Å². The molecule has 3 heterocycles.